The predicted molar refractivity (Wildman–Crippen MR) is 52.3 cm³/mol. The number of nitrogens with zero attached hydrogens (tertiary/aromatic N) is 1. The molecule has 1 aliphatic carbocycles. The van der Waals surface area contributed by atoms with E-state index in [0.29, 0.717) is 17.9 Å². The molecule has 2 fully saturated rings. The fourth-order valence-corrected chi connectivity index (χ4v) is 3.37. The Balaban J connectivity index is 2.10. The third-order valence-corrected chi connectivity index (χ3v) is 3.96. The molecule has 3 atom stereocenters. The molecule has 1 saturated heterocycles. The summed E-state index contributed by atoms with van der Waals surface area (Å²) in [5.41, 5.74) is 6.22. The Morgan fingerprint density at radius 1 is 1.62 bits per heavy atom. The Bertz CT molecular complexity index is 197. The smallest absolute Gasteiger partial charge is 0.0459 e. The maximum atomic E-state index is 9.14. The SMILES string of the molecule is CN1C[C@H]2CC(CO)C[C@@]2(CN)C1. The van der Waals surface area contributed by atoms with Crippen LogP contribution >= 0.6 is 0 Å². The summed E-state index contributed by atoms with van der Waals surface area (Å²) in [5, 5.41) is 9.14. The highest BCUT2D eigenvalue weighted by atomic mass is 16.3. The summed E-state index contributed by atoms with van der Waals surface area (Å²) < 4.78 is 0. The van der Waals surface area contributed by atoms with Crippen molar-refractivity contribution in [2.75, 3.05) is 33.3 Å². The summed E-state index contributed by atoms with van der Waals surface area (Å²) in [6.45, 7) is 3.44. The van der Waals surface area contributed by atoms with Gasteiger partial charge >= 0.3 is 0 Å². The van der Waals surface area contributed by atoms with Crippen molar-refractivity contribution in [1.29, 1.82) is 0 Å². The molecule has 0 aromatic rings. The van der Waals surface area contributed by atoms with Crippen LogP contribution < -0.4 is 5.73 Å². The lowest BCUT2D eigenvalue weighted by molar-refractivity contribution is 0.199. The van der Waals surface area contributed by atoms with Gasteiger partial charge in [-0.1, -0.05) is 0 Å². The number of aliphatic hydroxyl groups excluding tert-OH is 1. The lowest BCUT2D eigenvalue weighted by Crippen LogP contribution is -2.35. The minimum Gasteiger partial charge on any atom is -0.396 e. The molecular weight excluding hydrogens is 164 g/mol. The van der Waals surface area contributed by atoms with E-state index in [0.717, 1.165) is 25.4 Å². The van der Waals surface area contributed by atoms with Crippen LogP contribution in [0.2, 0.25) is 0 Å². The van der Waals surface area contributed by atoms with E-state index in [-0.39, 0.29) is 0 Å². The lowest BCUT2D eigenvalue weighted by Gasteiger charge is -2.26. The largest absolute Gasteiger partial charge is 0.396 e. The van der Waals surface area contributed by atoms with Crippen LogP contribution in [0.3, 0.4) is 0 Å². The summed E-state index contributed by atoms with van der Waals surface area (Å²) in [7, 11) is 2.17. The standard InChI is InChI=1S/C10H20N2O/c1-12-4-9-2-8(5-13)3-10(9,6-11)7-12/h8-9,13H,2-7,11H2,1H3/t8?,9-,10-/m1/s1. The highest BCUT2D eigenvalue weighted by Crippen LogP contribution is 2.49. The van der Waals surface area contributed by atoms with Crippen LogP contribution in [0.5, 0.6) is 0 Å². The van der Waals surface area contributed by atoms with E-state index >= 15 is 0 Å². The maximum absolute atomic E-state index is 9.14. The van der Waals surface area contributed by atoms with E-state index in [1.165, 1.54) is 13.0 Å². The maximum Gasteiger partial charge on any atom is 0.0459 e. The Labute approximate surface area is 79.9 Å². The van der Waals surface area contributed by atoms with Gasteiger partial charge in [-0.2, -0.15) is 0 Å². The Kier molecular flexibility index (Phi) is 2.34. The predicted octanol–water partition coefficient (Wildman–Crippen LogP) is -0.105. The van der Waals surface area contributed by atoms with Crippen molar-refractivity contribution in [3.63, 3.8) is 0 Å². The van der Waals surface area contributed by atoms with E-state index in [4.69, 9.17) is 10.8 Å². The molecule has 1 heterocycles. The fourth-order valence-electron chi connectivity index (χ4n) is 3.37. The van der Waals surface area contributed by atoms with Gasteiger partial charge in [0.05, 0.1) is 0 Å². The minimum atomic E-state index is 0.335. The van der Waals surface area contributed by atoms with E-state index in [2.05, 4.69) is 11.9 Å². The first kappa shape index (κ1) is 9.44. The molecule has 1 unspecified atom stereocenters. The van der Waals surface area contributed by atoms with Gasteiger partial charge in [-0.25, -0.2) is 0 Å². The summed E-state index contributed by atoms with van der Waals surface area (Å²) in [6.07, 6.45) is 2.31. The monoisotopic (exact) mass is 184 g/mol. The van der Waals surface area contributed by atoms with Crippen molar-refractivity contribution in [3.05, 3.63) is 0 Å². The molecule has 13 heavy (non-hydrogen) atoms. The highest BCUT2D eigenvalue weighted by molar-refractivity contribution is 5.02. The van der Waals surface area contributed by atoms with Crippen LogP contribution in [-0.2, 0) is 0 Å². The summed E-state index contributed by atoms with van der Waals surface area (Å²) in [6, 6.07) is 0. The Morgan fingerprint density at radius 2 is 2.38 bits per heavy atom. The molecule has 3 nitrogen and oxygen atoms in total. The van der Waals surface area contributed by atoms with E-state index in [1.54, 1.807) is 0 Å². The van der Waals surface area contributed by atoms with Gasteiger partial charge in [-0.3, -0.25) is 0 Å². The Hall–Kier alpha value is -0.120. The number of rotatable bonds is 2. The van der Waals surface area contributed by atoms with E-state index < -0.39 is 0 Å². The van der Waals surface area contributed by atoms with Gasteiger partial charge in [0.1, 0.15) is 0 Å². The van der Waals surface area contributed by atoms with E-state index in [1.807, 2.05) is 0 Å². The number of likely N-dealkylation sites (tertiary alicyclic amines) is 1. The Morgan fingerprint density at radius 3 is 2.92 bits per heavy atom. The third-order valence-electron chi connectivity index (χ3n) is 3.96. The van der Waals surface area contributed by atoms with Gasteiger partial charge in [0.25, 0.3) is 0 Å². The van der Waals surface area contributed by atoms with Gasteiger partial charge < -0.3 is 15.7 Å². The van der Waals surface area contributed by atoms with Gasteiger partial charge in [0.2, 0.25) is 0 Å². The van der Waals surface area contributed by atoms with E-state index in [9.17, 15) is 0 Å². The summed E-state index contributed by atoms with van der Waals surface area (Å²) in [5.74, 6) is 1.25. The second-order valence-electron chi connectivity index (χ2n) is 4.95. The molecule has 2 rings (SSSR count). The van der Waals surface area contributed by atoms with Crippen LogP contribution in [0, 0.1) is 17.3 Å². The normalized spacial score (nSPS) is 45.5. The topological polar surface area (TPSA) is 49.5 Å². The van der Waals surface area contributed by atoms with Crippen LogP contribution in [-0.4, -0.2) is 43.3 Å². The number of hydrogen-bond donors (Lipinski definition) is 2. The molecular formula is C10H20N2O. The zero-order valence-electron chi connectivity index (χ0n) is 8.37. The fraction of sp³-hybridized carbons (Fsp3) is 1.00. The molecule has 1 aliphatic heterocycles. The molecule has 2 aliphatic rings. The van der Waals surface area contributed by atoms with Crippen molar-refractivity contribution in [2.45, 2.75) is 12.8 Å². The lowest BCUT2D eigenvalue weighted by atomic mass is 9.81. The molecule has 76 valence electrons. The molecule has 3 heteroatoms. The van der Waals surface area contributed by atoms with Crippen molar-refractivity contribution in [3.8, 4) is 0 Å². The van der Waals surface area contributed by atoms with Gasteiger partial charge in [-0.15, -0.1) is 0 Å². The van der Waals surface area contributed by atoms with Crippen molar-refractivity contribution in [1.82, 2.24) is 4.90 Å². The van der Waals surface area contributed by atoms with Crippen LogP contribution in [0.15, 0.2) is 0 Å². The second-order valence-corrected chi connectivity index (χ2v) is 4.95. The molecule has 0 aromatic carbocycles. The van der Waals surface area contributed by atoms with Gasteiger partial charge in [-0.05, 0) is 43.7 Å². The average molecular weight is 184 g/mol. The first-order chi connectivity index (χ1) is 6.20. The van der Waals surface area contributed by atoms with Gasteiger partial charge in [0.15, 0.2) is 0 Å². The highest BCUT2D eigenvalue weighted by Gasteiger charge is 2.50. The number of fused-ring (bicyclic) bond motifs is 1. The van der Waals surface area contributed by atoms with Crippen molar-refractivity contribution >= 4 is 0 Å². The van der Waals surface area contributed by atoms with Crippen LogP contribution in [0.25, 0.3) is 0 Å². The molecule has 0 aromatic heterocycles. The van der Waals surface area contributed by atoms with Crippen molar-refractivity contribution < 1.29 is 5.11 Å². The van der Waals surface area contributed by atoms with Crippen molar-refractivity contribution in [2.24, 2.45) is 23.0 Å². The van der Waals surface area contributed by atoms with Crippen LogP contribution in [0.1, 0.15) is 12.8 Å². The summed E-state index contributed by atoms with van der Waals surface area (Å²) in [4.78, 5) is 2.38. The molecule has 0 bridgehead atoms. The van der Waals surface area contributed by atoms with Gasteiger partial charge in [0, 0.05) is 19.7 Å². The first-order valence-electron chi connectivity index (χ1n) is 5.19. The molecule has 0 amide bonds. The molecule has 3 N–H and O–H groups in total. The third kappa shape index (κ3) is 1.39. The number of nitrogens with two attached hydrogens (primary N) is 1. The number of hydrogen-bond acceptors (Lipinski definition) is 3. The zero-order chi connectivity index (χ0) is 9.47. The summed E-state index contributed by atoms with van der Waals surface area (Å²) >= 11 is 0. The first-order valence-corrected chi connectivity index (χ1v) is 5.19. The quantitative estimate of drug-likeness (QED) is 0.630. The molecule has 0 spiro atoms. The number of aliphatic hydroxyl groups is 1. The molecule has 1 saturated carbocycles. The minimum absolute atomic E-state index is 0.335. The average Bonchev–Trinajstić information content (AvgIpc) is 2.57. The molecule has 0 radical (unpaired) electrons. The zero-order valence-corrected chi connectivity index (χ0v) is 8.37. The second kappa shape index (κ2) is 3.23. The van der Waals surface area contributed by atoms with Crippen LogP contribution in [0.4, 0.5) is 0 Å².